The van der Waals surface area contributed by atoms with Crippen LogP contribution in [0, 0.1) is 0 Å². The lowest BCUT2D eigenvalue weighted by Gasteiger charge is -2.35. The second-order valence-electron chi connectivity index (χ2n) is 16.2. The molecule has 2 saturated heterocycles. The Morgan fingerprint density at radius 3 is 2.30 bits per heavy atom. The highest BCUT2D eigenvalue weighted by atomic mass is 35.5. The molecule has 334 valence electrons. The number of hydrogen-bond donors (Lipinski definition) is 1. The molecule has 0 bridgehead atoms. The van der Waals surface area contributed by atoms with E-state index in [4.69, 9.17) is 32.9 Å². The first-order valence-corrected chi connectivity index (χ1v) is 21.6. The quantitative estimate of drug-likeness (QED) is 0.125. The fourth-order valence-corrected chi connectivity index (χ4v) is 8.88. The molecular formula is C46H49Cl2N9O7. The maximum atomic E-state index is 14.0. The number of carbonyl (C=O) groups excluding carboxylic acids is 5. The third-order valence-electron chi connectivity index (χ3n) is 11.8. The highest BCUT2D eigenvalue weighted by Gasteiger charge is 2.38. The average molecular weight is 911 g/mol. The van der Waals surface area contributed by atoms with Crippen LogP contribution in [-0.4, -0.2) is 94.4 Å². The molecule has 18 heteroatoms. The Kier molecular flexibility index (Phi) is 13.6. The molecular weight excluding hydrogens is 861 g/mol. The molecule has 3 aliphatic rings. The maximum absolute atomic E-state index is 14.0. The van der Waals surface area contributed by atoms with E-state index in [1.165, 1.54) is 39.9 Å². The number of amides is 5. The predicted molar refractivity (Wildman–Crippen MR) is 244 cm³/mol. The van der Waals surface area contributed by atoms with Gasteiger partial charge < -0.3 is 28.6 Å². The standard InChI is InChI=1S/C40H44ClN9O7.C6H5Cl/c1-22(2)50-32-20-49(31-17-26(41)19-45(3)39(31)55)40(56)34(32)44-35(50)27-15-25(18-42-37(27)57-6)38(54)48-13-11-23(12-14-48)24-7-8-28(30(16-24)46(4)21-51)47(5)29-9-10-33(52)43-36(29)53;7-6-4-2-1-3-5-6/h7-8,15-19,21-23,29H,9-14,20H2,1-6H3,(H,43,52,53);1-5H. The van der Waals surface area contributed by atoms with Gasteiger partial charge in [-0.25, -0.2) is 9.97 Å². The van der Waals surface area contributed by atoms with Crippen LogP contribution in [-0.2, 0) is 28.0 Å². The minimum Gasteiger partial charge on any atom is -0.480 e. The first-order valence-electron chi connectivity index (χ1n) is 20.8. The number of benzene rings is 2. The molecule has 6 heterocycles. The molecule has 1 atom stereocenters. The molecule has 0 saturated carbocycles. The highest BCUT2D eigenvalue weighted by Crippen LogP contribution is 2.39. The van der Waals surface area contributed by atoms with Gasteiger partial charge in [0.2, 0.25) is 24.1 Å². The zero-order valence-corrected chi connectivity index (χ0v) is 37.9. The summed E-state index contributed by atoms with van der Waals surface area (Å²) in [5.74, 6) is -0.536. The number of aromatic nitrogens is 4. The van der Waals surface area contributed by atoms with Gasteiger partial charge >= 0.3 is 0 Å². The Balaban J connectivity index is 0.000000798. The molecule has 3 aliphatic heterocycles. The van der Waals surface area contributed by atoms with Gasteiger partial charge in [0.15, 0.2) is 5.69 Å². The van der Waals surface area contributed by atoms with Gasteiger partial charge in [-0.05, 0) is 81.0 Å². The van der Waals surface area contributed by atoms with Gasteiger partial charge in [-0.15, -0.1) is 0 Å². The Labute approximate surface area is 380 Å². The maximum Gasteiger partial charge on any atom is 0.279 e. The molecule has 2 aromatic carbocycles. The minimum absolute atomic E-state index is 0.102. The van der Waals surface area contributed by atoms with Crippen molar-refractivity contribution in [3.05, 3.63) is 116 Å². The number of imide groups is 1. The number of likely N-dealkylation sites (tertiary alicyclic amines) is 1. The molecule has 8 rings (SSSR count). The second-order valence-corrected chi connectivity index (χ2v) is 17.1. The van der Waals surface area contributed by atoms with Crippen LogP contribution < -0.4 is 30.3 Å². The van der Waals surface area contributed by atoms with Gasteiger partial charge in [0.1, 0.15) is 17.6 Å². The Morgan fingerprint density at radius 1 is 0.953 bits per heavy atom. The van der Waals surface area contributed by atoms with E-state index >= 15 is 0 Å². The summed E-state index contributed by atoms with van der Waals surface area (Å²) >= 11 is 11.8. The number of pyridine rings is 2. The van der Waals surface area contributed by atoms with Crippen molar-refractivity contribution in [3.63, 3.8) is 0 Å². The minimum atomic E-state index is -0.551. The van der Waals surface area contributed by atoms with E-state index < -0.39 is 11.9 Å². The van der Waals surface area contributed by atoms with Crippen LogP contribution in [0.4, 0.5) is 17.1 Å². The first kappa shape index (κ1) is 45.5. The van der Waals surface area contributed by atoms with Crippen LogP contribution in [0.25, 0.3) is 11.4 Å². The number of fused-ring (bicyclic) bond motifs is 1. The Bertz CT molecular complexity index is 2680. The van der Waals surface area contributed by atoms with E-state index in [0.29, 0.717) is 71.4 Å². The predicted octanol–water partition coefficient (Wildman–Crippen LogP) is 6.24. The van der Waals surface area contributed by atoms with Crippen LogP contribution in [0.3, 0.4) is 0 Å². The van der Waals surface area contributed by atoms with Crippen molar-refractivity contribution in [2.45, 2.75) is 64.1 Å². The summed E-state index contributed by atoms with van der Waals surface area (Å²) in [4.78, 5) is 92.8. The van der Waals surface area contributed by atoms with Crippen LogP contribution in [0.1, 0.15) is 83.6 Å². The van der Waals surface area contributed by atoms with E-state index in [-0.39, 0.29) is 65.5 Å². The van der Waals surface area contributed by atoms with Crippen molar-refractivity contribution in [2.75, 3.05) is 49.0 Å². The summed E-state index contributed by atoms with van der Waals surface area (Å²) in [6, 6.07) is 17.8. The van der Waals surface area contributed by atoms with Crippen molar-refractivity contribution in [1.82, 2.24) is 29.3 Å². The van der Waals surface area contributed by atoms with E-state index in [9.17, 15) is 28.8 Å². The van der Waals surface area contributed by atoms with Crippen molar-refractivity contribution in [1.29, 1.82) is 0 Å². The van der Waals surface area contributed by atoms with E-state index in [1.807, 2.05) is 66.9 Å². The Morgan fingerprint density at radius 2 is 1.67 bits per heavy atom. The highest BCUT2D eigenvalue weighted by molar-refractivity contribution is 6.31. The molecule has 0 radical (unpaired) electrons. The van der Waals surface area contributed by atoms with Crippen molar-refractivity contribution < 1.29 is 28.7 Å². The van der Waals surface area contributed by atoms with Crippen molar-refractivity contribution in [2.24, 2.45) is 7.05 Å². The van der Waals surface area contributed by atoms with Crippen LogP contribution >= 0.6 is 23.2 Å². The number of nitrogens with zero attached hydrogens (tertiary/aromatic N) is 8. The second kappa shape index (κ2) is 19.1. The smallest absolute Gasteiger partial charge is 0.279 e. The number of carbonyl (C=O) groups is 5. The number of halogens is 2. The summed E-state index contributed by atoms with van der Waals surface area (Å²) in [6.45, 7) is 4.97. The number of aryl methyl sites for hydroxylation is 1. The summed E-state index contributed by atoms with van der Waals surface area (Å²) in [5, 5.41) is 3.51. The zero-order valence-electron chi connectivity index (χ0n) is 36.4. The third kappa shape index (κ3) is 9.11. The molecule has 2 fully saturated rings. The summed E-state index contributed by atoms with van der Waals surface area (Å²) in [6.07, 6.45) is 5.65. The number of hydrogen-bond acceptors (Lipinski definition) is 10. The number of nitrogens with one attached hydrogen (secondary N) is 1. The summed E-state index contributed by atoms with van der Waals surface area (Å²) < 4.78 is 8.88. The molecule has 5 amide bonds. The number of ether oxygens (including phenoxy) is 1. The van der Waals surface area contributed by atoms with Crippen LogP contribution in [0.2, 0.25) is 10.0 Å². The fraction of sp³-hybridized carbons (Fsp3) is 0.348. The number of anilines is 3. The molecule has 0 spiro atoms. The molecule has 1 unspecified atom stereocenters. The van der Waals surface area contributed by atoms with Gasteiger partial charge in [0.05, 0.1) is 46.9 Å². The Hall–Kier alpha value is -6.52. The molecule has 3 aromatic heterocycles. The number of likely N-dealkylation sites (N-methyl/N-ethyl adjacent to an activating group) is 1. The molecule has 1 N–H and O–H groups in total. The normalized spacial score (nSPS) is 16.3. The molecule has 16 nitrogen and oxygen atoms in total. The average Bonchev–Trinajstić information content (AvgIpc) is 3.83. The number of rotatable bonds is 10. The first-order chi connectivity index (χ1) is 30.6. The zero-order chi connectivity index (χ0) is 46.0. The lowest BCUT2D eigenvalue weighted by Crippen LogP contribution is -2.51. The summed E-state index contributed by atoms with van der Waals surface area (Å²) in [7, 11) is 6.49. The van der Waals surface area contributed by atoms with E-state index in [0.717, 1.165) is 17.0 Å². The largest absolute Gasteiger partial charge is 0.480 e. The van der Waals surface area contributed by atoms with Gasteiger partial charge in [-0.1, -0.05) is 47.5 Å². The molecule has 5 aromatic rings. The van der Waals surface area contributed by atoms with Gasteiger partial charge in [-0.3, -0.25) is 39.0 Å². The van der Waals surface area contributed by atoms with Gasteiger partial charge in [0, 0.05) is 64.1 Å². The number of methoxy groups -OCH3 is 1. The SMILES string of the molecule is COc1ncc(C(=O)N2CCC(c3ccc(N(C)C4CCC(=O)NC4=O)c(N(C)C=O)c3)CC2)cc1-c1nc2c(n1C(C)C)CN(c1cc(Cl)cn(C)c1=O)C2=O.Clc1ccccc1. The summed E-state index contributed by atoms with van der Waals surface area (Å²) in [5.41, 5.74) is 3.74. The van der Waals surface area contributed by atoms with Gasteiger partial charge in [0.25, 0.3) is 17.4 Å². The molecule has 0 aliphatic carbocycles. The van der Waals surface area contributed by atoms with E-state index in [1.54, 1.807) is 37.0 Å². The monoisotopic (exact) mass is 909 g/mol. The number of piperidine rings is 2. The van der Waals surface area contributed by atoms with Crippen molar-refractivity contribution in [3.8, 4) is 17.3 Å². The lowest BCUT2D eigenvalue weighted by atomic mass is 9.88. The van der Waals surface area contributed by atoms with Gasteiger partial charge in [-0.2, -0.15) is 0 Å². The van der Waals surface area contributed by atoms with Crippen molar-refractivity contribution >= 4 is 70.3 Å². The number of imidazole rings is 1. The lowest BCUT2D eigenvalue weighted by molar-refractivity contribution is -0.134. The van der Waals surface area contributed by atoms with Crippen LogP contribution in [0.5, 0.6) is 5.88 Å². The topological polar surface area (TPSA) is 172 Å². The van der Waals surface area contributed by atoms with Crippen LogP contribution in [0.15, 0.2) is 77.9 Å². The van der Waals surface area contributed by atoms with E-state index in [2.05, 4.69) is 10.3 Å². The third-order valence-corrected chi connectivity index (χ3v) is 12.3. The fourth-order valence-electron chi connectivity index (χ4n) is 8.48. The molecule has 64 heavy (non-hydrogen) atoms.